The zero-order valence-corrected chi connectivity index (χ0v) is 15.4. The van der Waals surface area contributed by atoms with Crippen molar-refractivity contribution < 1.29 is 4.79 Å². The average Bonchev–Trinajstić information content (AvgIpc) is 3.30. The van der Waals surface area contributed by atoms with Crippen molar-refractivity contribution in [1.82, 2.24) is 9.38 Å². The van der Waals surface area contributed by atoms with Crippen molar-refractivity contribution in [2.24, 2.45) is 17.4 Å². The Kier molecular flexibility index (Phi) is 4.75. The smallest absolute Gasteiger partial charge is 0.252 e. The number of nitrogens with zero attached hydrogens (tertiary/aromatic N) is 3. The number of carbonyl (C=O) groups excluding carboxylic acids is 1. The van der Waals surface area contributed by atoms with E-state index in [-0.39, 0.29) is 13.3 Å². The SMILES string of the molecule is C.NCC1CCN(c2c3c(c(C(N)=O)c4nc5ccccc5n24)CCC3)CC1. The van der Waals surface area contributed by atoms with Crippen molar-refractivity contribution in [2.45, 2.75) is 39.5 Å². The lowest BCUT2D eigenvalue weighted by atomic mass is 9.96. The number of fused-ring (bicyclic) bond motifs is 4. The number of para-hydroxylation sites is 2. The molecule has 6 heteroatoms. The summed E-state index contributed by atoms with van der Waals surface area (Å²) in [5.74, 6) is 1.45. The van der Waals surface area contributed by atoms with E-state index in [1.54, 1.807) is 0 Å². The lowest BCUT2D eigenvalue weighted by Gasteiger charge is -2.35. The third-order valence-corrected chi connectivity index (χ3v) is 6.28. The summed E-state index contributed by atoms with van der Waals surface area (Å²) in [7, 11) is 0. The Labute approximate surface area is 165 Å². The monoisotopic (exact) mass is 379 g/mol. The Morgan fingerprint density at radius 1 is 1.14 bits per heavy atom. The van der Waals surface area contributed by atoms with Gasteiger partial charge in [-0.05, 0) is 67.8 Å². The second-order valence-corrected chi connectivity index (χ2v) is 7.80. The van der Waals surface area contributed by atoms with Gasteiger partial charge in [0.15, 0.2) is 5.65 Å². The van der Waals surface area contributed by atoms with Crippen LogP contribution in [-0.2, 0) is 12.8 Å². The van der Waals surface area contributed by atoms with Gasteiger partial charge in [-0.15, -0.1) is 0 Å². The number of imidazole rings is 1. The Balaban J connectivity index is 0.00000192. The molecule has 0 unspecified atom stereocenters. The van der Waals surface area contributed by atoms with Crippen LogP contribution in [0.4, 0.5) is 5.82 Å². The van der Waals surface area contributed by atoms with Crippen LogP contribution in [0, 0.1) is 5.92 Å². The lowest BCUT2D eigenvalue weighted by molar-refractivity contribution is 0.100. The summed E-state index contributed by atoms with van der Waals surface area (Å²) in [6.07, 6.45) is 5.17. The highest BCUT2D eigenvalue weighted by atomic mass is 16.1. The van der Waals surface area contributed by atoms with E-state index in [4.69, 9.17) is 16.5 Å². The van der Waals surface area contributed by atoms with Crippen molar-refractivity contribution in [3.63, 3.8) is 0 Å². The van der Waals surface area contributed by atoms with E-state index in [9.17, 15) is 4.79 Å². The van der Waals surface area contributed by atoms with Gasteiger partial charge in [-0.1, -0.05) is 19.6 Å². The molecule has 1 aliphatic carbocycles. The summed E-state index contributed by atoms with van der Waals surface area (Å²) in [6, 6.07) is 8.09. The number of rotatable bonds is 3. The fraction of sp³-hybridized carbons (Fsp3) is 0.455. The number of pyridine rings is 1. The van der Waals surface area contributed by atoms with Gasteiger partial charge in [0.05, 0.1) is 16.6 Å². The molecule has 1 amide bonds. The molecule has 28 heavy (non-hydrogen) atoms. The van der Waals surface area contributed by atoms with Crippen molar-refractivity contribution in [2.75, 3.05) is 24.5 Å². The first kappa shape index (κ1) is 18.7. The molecule has 148 valence electrons. The van der Waals surface area contributed by atoms with Crippen LogP contribution in [-0.4, -0.2) is 34.9 Å². The molecular formula is C22H29N5O. The van der Waals surface area contributed by atoms with Crippen molar-refractivity contribution in [1.29, 1.82) is 0 Å². The Bertz CT molecular complexity index is 1050. The Morgan fingerprint density at radius 3 is 2.57 bits per heavy atom. The lowest BCUT2D eigenvalue weighted by Crippen LogP contribution is -2.38. The largest absolute Gasteiger partial charge is 0.365 e. The number of benzene rings is 1. The first-order valence-electron chi connectivity index (χ1n) is 9.88. The molecule has 2 aliphatic rings. The summed E-state index contributed by atoms with van der Waals surface area (Å²) < 4.78 is 2.18. The number of primary amides is 1. The molecule has 1 aliphatic heterocycles. The second kappa shape index (κ2) is 7.09. The van der Waals surface area contributed by atoms with Crippen LogP contribution in [0.3, 0.4) is 0 Å². The molecule has 4 N–H and O–H groups in total. The molecule has 3 heterocycles. The molecule has 5 rings (SSSR count). The van der Waals surface area contributed by atoms with Crippen LogP contribution in [0.5, 0.6) is 0 Å². The van der Waals surface area contributed by atoms with Crippen molar-refractivity contribution >= 4 is 28.4 Å². The maximum absolute atomic E-state index is 12.4. The molecule has 0 bridgehead atoms. The maximum atomic E-state index is 12.4. The van der Waals surface area contributed by atoms with E-state index < -0.39 is 0 Å². The third-order valence-electron chi connectivity index (χ3n) is 6.28. The van der Waals surface area contributed by atoms with Crippen molar-refractivity contribution in [3.8, 4) is 0 Å². The van der Waals surface area contributed by atoms with Crippen LogP contribution in [0.2, 0.25) is 0 Å². The first-order chi connectivity index (χ1) is 13.2. The number of carbonyl (C=O) groups is 1. The summed E-state index contributed by atoms with van der Waals surface area (Å²) >= 11 is 0. The molecule has 6 nitrogen and oxygen atoms in total. The number of aromatic nitrogens is 2. The fourth-order valence-electron chi connectivity index (χ4n) is 4.92. The van der Waals surface area contributed by atoms with Crippen LogP contribution >= 0.6 is 0 Å². The van der Waals surface area contributed by atoms with Crippen LogP contribution < -0.4 is 16.4 Å². The molecule has 1 saturated heterocycles. The van der Waals surface area contributed by atoms with Gasteiger partial charge in [0.2, 0.25) is 0 Å². The zero-order chi connectivity index (χ0) is 18.5. The quantitative estimate of drug-likeness (QED) is 0.732. The highest BCUT2D eigenvalue weighted by molar-refractivity contribution is 6.03. The van der Waals surface area contributed by atoms with E-state index in [1.807, 2.05) is 18.2 Å². The Morgan fingerprint density at radius 2 is 1.86 bits per heavy atom. The van der Waals surface area contributed by atoms with Gasteiger partial charge >= 0.3 is 0 Å². The molecule has 1 fully saturated rings. The molecule has 0 atom stereocenters. The standard InChI is InChI=1S/C21H25N5O.CH4/c22-12-13-8-10-25(11-9-13)21-15-5-3-4-14(15)18(19(23)27)20-24-16-6-1-2-7-17(16)26(20)21;/h1-2,6-7,13H,3-5,8-12,22H2,(H2,23,27);1H4. The molecule has 0 saturated carbocycles. The van der Waals surface area contributed by atoms with Gasteiger partial charge in [-0.2, -0.15) is 0 Å². The van der Waals surface area contributed by atoms with Crippen LogP contribution in [0.25, 0.3) is 16.7 Å². The van der Waals surface area contributed by atoms with E-state index in [0.717, 1.165) is 68.3 Å². The number of anilines is 1. The number of amides is 1. The highest BCUT2D eigenvalue weighted by Crippen LogP contribution is 2.39. The highest BCUT2D eigenvalue weighted by Gasteiger charge is 2.31. The van der Waals surface area contributed by atoms with Gasteiger partial charge in [0, 0.05) is 13.1 Å². The molecular weight excluding hydrogens is 350 g/mol. The zero-order valence-electron chi connectivity index (χ0n) is 15.4. The predicted molar refractivity (Wildman–Crippen MR) is 114 cm³/mol. The fourth-order valence-corrected chi connectivity index (χ4v) is 4.92. The van der Waals surface area contributed by atoms with Gasteiger partial charge in [0.1, 0.15) is 5.82 Å². The van der Waals surface area contributed by atoms with Gasteiger partial charge in [-0.3, -0.25) is 9.20 Å². The molecule has 0 radical (unpaired) electrons. The summed E-state index contributed by atoms with van der Waals surface area (Å²) in [6.45, 7) is 2.74. The van der Waals surface area contributed by atoms with Crippen molar-refractivity contribution in [3.05, 3.63) is 41.0 Å². The summed E-state index contributed by atoms with van der Waals surface area (Å²) in [4.78, 5) is 19.7. The minimum atomic E-state index is -0.373. The Hall–Kier alpha value is -2.60. The first-order valence-corrected chi connectivity index (χ1v) is 9.88. The van der Waals surface area contributed by atoms with Gasteiger partial charge in [0.25, 0.3) is 5.91 Å². The number of hydrogen-bond acceptors (Lipinski definition) is 4. The molecule has 3 aromatic rings. The topological polar surface area (TPSA) is 89.6 Å². The van der Waals surface area contributed by atoms with E-state index in [2.05, 4.69) is 15.4 Å². The summed E-state index contributed by atoms with van der Waals surface area (Å²) in [5.41, 5.74) is 17.4. The number of hydrogen-bond donors (Lipinski definition) is 2. The normalized spacial score (nSPS) is 17.1. The van der Waals surface area contributed by atoms with E-state index in [0.29, 0.717) is 17.1 Å². The molecule has 1 aromatic carbocycles. The summed E-state index contributed by atoms with van der Waals surface area (Å²) in [5, 5.41) is 0. The second-order valence-electron chi connectivity index (χ2n) is 7.80. The maximum Gasteiger partial charge on any atom is 0.252 e. The number of piperidine rings is 1. The van der Waals surface area contributed by atoms with Crippen LogP contribution in [0.15, 0.2) is 24.3 Å². The van der Waals surface area contributed by atoms with Gasteiger partial charge < -0.3 is 16.4 Å². The predicted octanol–water partition coefficient (Wildman–Crippen LogP) is 2.89. The van der Waals surface area contributed by atoms with Crippen LogP contribution in [0.1, 0.15) is 48.2 Å². The van der Waals surface area contributed by atoms with Gasteiger partial charge in [-0.25, -0.2) is 4.98 Å². The molecule has 2 aromatic heterocycles. The molecule has 0 spiro atoms. The third kappa shape index (κ3) is 2.66. The number of nitrogens with two attached hydrogens (primary N) is 2. The van der Waals surface area contributed by atoms with E-state index in [1.165, 1.54) is 11.4 Å². The van der Waals surface area contributed by atoms with E-state index >= 15 is 0 Å². The minimum absolute atomic E-state index is 0. The average molecular weight is 380 g/mol. The minimum Gasteiger partial charge on any atom is -0.365 e.